The van der Waals surface area contributed by atoms with E-state index in [1.54, 1.807) is 13.0 Å². The topological polar surface area (TPSA) is 72.2 Å². The van der Waals surface area contributed by atoms with E-state index < -0.39 is 10.0 Å². The molecule has 1 saturated heterocycles. The molecular weight excluding hydrogens is 316 g/mol. The molecule has 1 aliphatic heterocycles. The minimum absolute atomic E-state index is 0.0584. The van der Waals surface area contributed by atoms with E-state index in [-0.39, 0.29) is 9.92 Å². The first kappa shape index (κ1) is 15.9. The molecule has 0 aromatic heterocycles. The summed E-state index contributed by atoms with van der Waals surface area (Å²) in [5.41, 5.74) is 6.98. The summed E-state index contributed by atoms with van der Waals surface area (Å²) in [6.07, 6.45) is 3.43. The molecule has 0 saturated carbocycles. The van der Waals surface area contributed by atoms with Crippen molar-refractivity contribution in [3.8, 4) is 0 Å². The molecule has 1 heterocycles. The summed E-state index contributed by atoms with van der Waals surface area (Å²) in [7, 11) is -3.60. The Balaban J connectivity index is 2.11. The van der Waals surface area contributed by atoms with E-state index in [0.717, 1.165) is 24.2 Å². The van der Waals surface area contributed by atoms with Gasteiger partial charge < -0.3 is 5.73 Å². The molecule has 2 rings (SSSR count). The Hall–Kier alpha value is -0.430. The molecule has 1 unspecified atom stereocenters. The van der Waals surface area contributed by atoms with E-state index >= 15 is 0 Å². The van der Waals surface area contributed by atoms with E-state index in [1.807, 2.05) is 11.8 Å². The zero-order valence-corrected chi connectivity index (χ0v) is 13.7. The molecule has 20 heavy (non-hydrogen) atoms. The van der Waals surface area contributed by atoms with Crippen molar-refractivity contribution in [3.63, 3.8) is 0 Å². The number of nitrogen functional groups attached to an aromatic ring is 1. The van der Waals surface area contributed by atoms with Gasteiger partial charge >= 0.3 is 0 Å². The lowest BCUT2D eigenvalue weighted by Gasteiger charge is -2.21. The molecule has 1 aromatic carbocycles. The third-order valence-electron chi connectivity index (χ3n) is 3.39. The lowest BCUT2D eigenvalue weighted by Crippen LogP contribution is -2.32. The van der Waals surface area contributed by atoms with Gasteiger partial charge in [0.15, 0.2) is 0 Å². The Morgan fingerprint density at radius 1 is 1.45 bits per heavy atom. The zero-order valence-electron chi connectivity index (χ0n) is 11.4. The predicted octanol–water partition coefficient (Wildman–Crippen LogP) is 2.79. The first-order valence-electron chi connectivity index (χ1n) is 6.57. The largest absolute Gasteiger partial charge is 0.398 e. The number of hydrogen-bond acceptors (Lipinski definition) is 4. The highest BCUT2D eigenvalue weighted by atomic mass is 35.5. The van der Waals surface area contributed by atoms with Crippen LogP contribution in [0.3, 0.4) is 0 Å². The Bertz CT molecular complexity index is 584. The van der Waals surface area contributed by atoms with Crippen LogP contribution >= 0.6 is 23.4 Å². The first-order chi connectivity index (χ1) is 9.40. The summed E-state index contributed by atoms with van der Waals surface area (Å²) in [6.45, 7) is 2.24. The second-order valence-electron chi connectivity index (χ2n) is 4.98. The highest BCUT2D eigenvalue weighted by Gasteiger charge is 2.22. The van der Waals surface area contributed by atoms with E-state index in [2.05, 4.69) is 4.72 Å². The molecule has 3 N–H and O–H groups in total. The molecule has 0 amide bonds. The van der Waals surface area contributed by atoms with Crippen LogP contribution in [0.15, 0.2) is 17.0 Å². The van der Waals surface area contributed by atoms with Gasteiger partial charge in [-0.05, 0) is 43.2 Å². The summed E-state index contributed by atoms with van der Waals surface area (Å²) < 4.78 is 27.2. The predicted molar refractivity (Wildman–Crippen MR) is 85.9 cm³/mol. The molecule has 0 bridgehead atoms. The average molecular weight is 335 g/mol. The molecule has 0 radical (unpaired) electrons. The van der Waals surface area contributed by atoms with Crippen molar-refractivity contribution in [1.29, 1.82) is 0 Å². The molecule has 1 aromatic rings. The van der Waals surface area contributed by atoms with Crippen LogP contribution in [0.25, 0.3) is 0 Å². The summed E-state index contributed by atoms with van der Waals surface area (Å²) >= 11 is 7.85. The van der Waals surface area contributed by atoms with Crippen LogP contribution in [0.4, 0.5) is 5.69 Å². The van der Waals surface area contributed by atoms with Gasteiger partial charge in [0.25, 0.3) is 0 Å². The Labute approximate surface area is 129 Å². The molecular formula is C13H19ClN2O2S2. The van der Waals surface area contributed by atoms with Crippen molar-refractivity contribution in [3.05, 3.63) is 22.7 Å². The number of hydrogen-bond donors (Lipinski definition) is 2. The number of anilines is 1. The van der Waals surface area contributed by atoms with Gasteiger partial charge in [-0.25, -0.2) is 13.1 Å². The van der Waals surface area contributed by atoms with Crippen LogP contribution in [0.5, 0.6) is 0 Å². The van der Waals surface area contributed by atoms with Gasteiger partial charge in [-0.1, -0.05) is 18.0 Å². The fourth-order valence-corrected chi connectivity index (χ4v) is 5.16. The zero-order chi connectivity index (χ0) is 14.8. The highest BCUT2D eigenvalue weighted by molar-refractivity contribution is 8.00. The van der Waals surface area contributed by atoms with Crippen LogP contribution in [0.2, 0.25) is 5.02 Å². The second-order valence-corrected chi connectivity index (χ2v) is 8.53. The van der Waals surface area contributed by atoms with Gasteiger partial charge in [0.05, 0.1) is 5.02 Å². The van der Waals surface area contributed by atoms with Crippen molar-refractivity contribution in [2.24, 2.45) is 0 Å². The van der Waals surface area contributed by atoms with E-state index in [1.165, 1.54) is 12.5 Å². The molecule has 1 atom stereocenters. The maximum absolute atomic E-state index is 12.3. The molecule has 112 valence electrons. The van der Waals surface area contributed by atoms with Crippen molar-refractivity contribution in [2.75, 3.05) is 18.0 Å². The van der Waals surface area contributed by atoms with Crippen molar-refractivity contribution in [1.82, 2.24) is 4.72 Å². The Kier molecular flexibility index (Phi) is 5.23. The SMILES string of the molecule is Cc1cc(Cl)c(S(=O)(=O)NCC2CCCCS2)cc1N. The van der Waals surface area contributed by atoms with Crippen LogP contribution in [0.1, 0.15) is 24.8 Å². The number of nitrogens with two attached hydrogens (primary N) is 1. The third kappa shape index (κ3) is 3.81. The third-order valence-corrected chi connectivity index (χ3v) is 6.67. The van der Waals surface area contributed by atoms with Crippen LogP contribution in [-0.4, -0.2) is 26.0 Å². The van der Waals surface area contributed by atoms with Crippen molar-refractivity contribution >= 4 is 39.1 Å². The highest BCUT2D eigenvalue weighted by Crippen LogP contribution is 2.28. The fourth-order valence-electron chi connectivity index (χ4n) is 2.12. The Morgan fingerprint density at radius 2 is 2.20 bits per heavy atom. The lowest BCUT2D eigenvalue weighted by molar-refractivity contribution is 0.574. The number of nitrogens with one attached hydrogen (secondary N) is 1. The summed E-state index contributed by atoms with van der Waals surface area (Å²) in [4.78, 5) is 0.0584. The normalized spacial score (nSPS) is 20.0. The minimum atomic E-state index is -3.60. The first-order valence-corrected chi connectivity index (χ1v) is 9.48. The van der Waals surface area contributed by atoms with Crippen LogP contribution in [0, 0.1) is 6.92 Å². The van der Waals surface area contributed by atoms with Gasteiger partial charge in [-0.3, -0.25) is 0 Å². The van der Waals surface area contributed by atoms with Crippen LogP contribution in [-0.2, 0) is 10.0 Å². The number of sulfonamides is 1. The molecule has 1 fully saturated rings. The van der Waals surface area contributed by atoms with E-state index in [4.69, 9.17) is 17.3 Å². The summed E-state index contributed by atoms with van der Waals surface area (Å²) in [5.74, 6) is 1.10. The molecule has 4 nitrogen and oxygen atoms in total. The van der Waals surface area contributed by atoms with Crippen molar-refractivity contribution < 1.29 is 8.42 Å². The standard InChI is InChI=1S/C13H19ClN2O2S2/c1-9-6-11(14)13(7-12(9)15)20(17,18)16-8-10-4-2-3-5-19-10/h6-7,10,16H,2-5,8,15H2,1H3. The maximum Gasteiger partial charge on any atom is 0.242 e. The molecule has 1 aliphatic rings. The Morgan fingerprint density at radius 3 is 2.85 bits per heavy atom. The number of benzene rings is 1. The van der Waals surface area contributed by atoms with Crippen molar-refractivity contribution in [2.45, 2.75) is 36.3 Å². The molecule has 7 heteroatoms. The van der Waals surface area contributed by atoms with Gasteiger partial charge in [-0.2, -0.15) is 11.8 Å². The second kappa shape index (κ2) is 6.56. The summed E-state index contributed by atoms with van der Waals surface area (Å²) in [5, 5.41) is 0.556. The van der Waals surface area contributed by atoms with Crippen LogP contribution < -0.4 is 10.5 Å². The lowest BCUT2D eigenvalue weighted by atomic mass is 10.2. The fraction of sp³-hybridized carbons (Fsp3) is 0.538. The molecule has 0 spiro atoms. The summed E-state index contributed by atoms with van der Waals surface area (Å²) in [6, 6.07) is 3.01. The quantitative estimate of drug-likeness (QED) is 0.830. The number of halogens is 1. The van der Waals surface area contributed by atoms with Gasteiger partial charge in [0.2, 0.25) is 10.0 Å². The van der Waals surface area contributed by atoms with Gasteiger partial charge in [0, 0.05) is 17.5 Å². The molecule has 0 aliphatic carbocycles. The van der Waals surface area contributed by atoms with Gasteiger partial charge in [-0.15, -0.1) is 0 Å². The number of thioether (sulfide) groups is 1. The smallest absolute Gasteiger partial charge is 0.242 e. The number of aryl methyl sites for hydroxylation is 1. The minimum Gasteiger partial charge on any atom is -0.398 e. The maximum atomic E-state index is 12.3. The van der Waals surface area contributed by atoms with E-state index in [9.17, 15) is 8.42 Å². The number of rotatable bonds is 4. The van der Waals surface area contributed by atoms with E-state index in [0.29, 0.717) is 17.5 Å². The monoisotopic (exact) mass is 334 g/mol. The average Bonchev–Trinajstić information content (AvgIpc) is 2.42. The van der Waals surface area contributed by atoms with Gasteiger partial charge in [0.1, 0.15) is 4.90 Å².